The van der Waals surface area contributed by atoms with Crippen LogP contribution in [0.4, 0.5) is 0 Å². The number of nitrogens with one attached hydrogen (secondary N) is 1. The third kappa shape index (κ3) is 1.20. The SMILES string of the molecule is CC1(C)NCCC12CCSCC2. The van der Waals surface area contributed by atoms with E-state index >= 15 is 0 Å². The minimum absolute atomic E-state index is 0.397. The molecule has 12 heavy (non-hydrogen) atoms. The maximum absolute atomic E-state index is 3.65. The monoisotopic (exact) mass is 185 g/mol. The number of thioether (sulfide) groups is 1. The van der Waals surface area contributed by atoms with Crippen molar-refractivity contribution in [3.05, 3.63) is 0 Å². The van der Waals surface area contributed by atoms with E-state index in [1.165, 1.54) is 37.3 Å². The van der Waals surface area contributed by atoms with Gasteiger partial charge in [0, 0.05) is 5.54 Å². The van der Waals surface area contributed by atoms with Crippen molar-refractivity contribution in [2.45, 2.75) is 38.6 Å². The van der Waals surface area contributed by atoms with E-state index in [1.54, 1.807) is 0 Å². The highest BCUT2D eigenvalue weighted by molar-refractivity contribution is 7.99. The Kier molecular flexibility index (Phi) is 2.16. The van der Waals surface area contributed by atoms with E-state index in [-0.39, 0.29) is 0 Å². The third-order valence-corrected chi connectivity index (χ3v) is 4.93. The highest BCUT2D eigenvalue weighted by Crippen LogP contribution is 2.49. The van der Waals surface area contributed by atoms with Crippen LogP contribution < -0.4 is 5.32 Å². The van der Waals surface area contributed by atoms with Gasteiger partial charge in [-0.15, -0.1) is 0 Å². The number of hydrogen-bond donors (Lipinski definition) is 1. The van der Waals surface area contributed by atoms with Crippen molar-refractivity contribution >= 4 is 11.8 Å². The molecule has 2 fully saturated rings. The van der Waals surface area contributed by atoms with E-state index in [0.717, 1.165) is 0 Å². The summed E-state index contributed by atoms with van der Waals surface area (Å²) in [4.78, 5) is 0. The third-order valence-electron chi connectivity index (χ3n) is 3.95. The number of rotatable bonds is 0. The van der Waals surface area contributed by atoms with Gasteiger partial charge >= 0.3 is 0 Å². The molecule has 70 valence electrons. The average Bonchev–Trinajstić information content (AvgIpc) is 2.30. The molecule has 0 amide bonds. The Hall–Kier alpha value is 0.310. The summed E-state index contributed by atoms with van der Waals surface area (Å²) in [5.41, 5.74) is 1.03. The Balaban J connectivity index is 2.17. The molecule has 0 aromatic rings. The first kappa shape index (κ1) is 8.89. The first-order valence-corrected chi connectivity index (χ1v) is 6.15. The minimum Gasteiger partial charge on any atom is -0.311 e. The Morgan fingerprint density at radius 2 is 1.75 bits per heavy atom. The van der Waals surface area contributed by atoms with Crippen molar-refractivity contribution in [2.75, 3.05) is 18.1 Å². The molecule has 2 heterocycles. The van der Waals surface area contributed by atoms with Crippen molar-refractivity contribution in [1.29, 1.82) is 0 Å². The van der Waals surface area contributed by atoms with Crippen LogP contribution in [0.25, 0.3) is 0 Å². The van der Waals surface area contributed by atoms with Crippen molar-refractivity contribution in [3.8, 4) is 0 Å². The number of hydrogen-bond acceptors (Lipinski definition) is 2. The second-order valence-electron chi connectivity index (χ2n) is 4.69. The predicted octanol–water partition coefficient (Wildman–Crippen LogP) is 2.27. The maximum Gasteiger partial charge on any atom is 0.0182 e. The Morgan fingerprint density at radius 1 is 1.08 bits per heavy atom. The van der Waals surface area contributed by atoms with Gasteiger partial charge in [-0.3, -0.25) is 0 Å². The van der Waals surface area contributed by atoms with Crippen molar-refractivity contribution in [3.63, 3.8) is 0 Å². The van der Waals surface area contributed by atoms with Crippen LogP contribution in [0.1, 0.15) is 33.1 Å². The summed E-state index contributed by atoms with van der Waals surface area (Å²) in [5.74, 6) is 2.76. The minimum atomic E-state index is 0.397. The van der Waals surface area contributed by atoms with Crippen LogP contribution in [0, 0.1) is 5.41 Å². The smallest absolute Gasteiger partial charge is 0.0182 e. The standard InChI is InChI=1S/C10H19NS/c1-9(2)10(3-6-11-9)4-7-12-8-5-10/h11H,3-8H2,1-2H3. The zero-order chi connectivity index (χ0) is 8.66. The van der Waals surface area contributed by atoms with Crippen LogP contribution in [-0.4, -0.2) is 23.6 Å². The van der Waals surface area contributed by atoms with Gasteiger partial charge in [-0.25, -0.2) is 0 Å². The van der Waals surface area contributed by atoms with Crippen molar-refractivity contribution in [1.82, 2.24) is 5.32 Å². The summed E-state index contributed by atoms with van der Waals surface area (Å²) in [7, 11) is 0. The summed E-state index contributed by atoms with van der Waals surface area (Å²) >= 11 is 2.13. The second kappa shape index (κ2) is 2.91. The molecule has 1 nitrogen and oxygen atoms in total. The molecule has 2 heteroatoms. The van der Waals surface area contributed by atoms with Gasteiger partial charge in [0.05, 0.1) is 0 Å². The molecule has 0 aromatic carbocycles. The molecule has 2 saturated heterocycles. The van der Waals surface area contributed by atoms with Gasteiger partial charge in [-0.1, -0.05) is 0 Å². The van der Waals surface area contributed by atoms with Crippen LogP contribution in [0.15, 0.2) is 0 Å². The molecular formula is C10H19NS. The normalized spacial score (nSPS) is 32.5. The van der Waals surface area contributed by atoms with Gasteiger partial charge in [0.15, 0.2) is 0 Å². The molecule has 1 spiro atoms. The maximum atomic E-state index is 3.65. The van der Waals surface area contributed by atoms with E-state index < -0.39 is 0 Å². The lowest BCUT2D eigenvalue weighted by Gasteiger charge is -2.44. The van der Waals surface area contributed by atoms with Crippen LogP contribution in [0.2, 0.25) is 0 Å². The Morgan fingerprint density at radius 3 is 2.25 bits per heavy atom. The van der Waals surface area contributed by atoms with E-state index in [9.17, 15) is 0 Å². The molecule has 2 aliphatic rings. The summed E-state index contributed by atoms with van der Waals surface area (Å²) in [6.45, 7) is 6.00. The summed E-state index contributed by atoms with van der Waals surface area (Å²) < 4.78 is 0. The van der Waals surface area contributed by atoms with Crippen molar-refractivity contribution < 1.29 is 0 Å². The van der Waals surface area contributed by atoms with Crippen LogP contribution >= 0.6 is 11.8 Å². The molecule has 2 rings (SSSR count). The first-order chi connectivity index (χ1) is 5.66. The highest BCUT2D eigenvalue weighted by Gasteiger charge is 2.48. The highest BCUT2D eigenvalue weighted by atomic mass is 32.2. The molecule has 0 unspecified atom stereocenters. The summed E-state index contributed by atoms with van der Waals surface area (Å²) in [5, 5.41) is 3.65. The average molecular weight is 185 g/mol. The molecule has 2 aliphatic heterocycles. The molecule has 0 atom stereocenters. The predicted molar refractivity (Wildman–Crippen MR) is 55.7 cm³/mol. The van der Waals surface area contributed by atoms with E-state index in [2.05, 4.69) is 30.9 Å². The van der Waals surface area contributed by atoms with E-state index in [1.807, 2.05) is 0 Å². The van der Waals surface area contributed by atoms with Crippen LogP contribution in [0.5, 0.6) is 0 Å². The largest absolute Gasteiger partial charge is 0.311 e. The van der Waals surface area contributed by atoms with Gasteiger partial charge in [-0.05, 0) is 56.6 Å². The fourth-order valence-corrected chi connectivity index (χ4v) is 4.03. The zero-order valence-corrected chi connectivity index (χ0v) is 8.97. The molecule has 0 bridgehead atoms. The molecular weight excluding hydrogens is 166 g/mol. The first-order valence-electron chi connectivity index (χ1n) is 4.99. The van der Waals surface area contributed by atoms with Gasteiger partial charge in [0.1, 0.15) is 0 Å². The quantitative estimate of drug-likeness (QED) is 0.621. The fourth-order valence-electron chi connectivity index (χ4n) is 2.75. The van der Waals surface area contributed by atoms with Gasteiger partial charge in [0.25, 0.3) is 0 Å². The molecule has 0 radical (unpaired) electrons. The van der Waals surface area contributed by atoms with E-state index in [4.69, 9.17) is 0 Å². The molecule has 1 N–H and O–H groups in total. The van der Waals surface area contributed by atoms with Gasteiger partial charge in [0.2, 0.25) is 0 Å². The lowest BCUT2D eigenvalue weighted by Crippen LogP contribution is -2.48. The van der Waals surface area contributed by atoms with Crippen LogP contribution in [-0.2, 0) is 0 Å². The molecule has 0 aromatic heterocycles. The topological polar surface area (TPSA) is 12.0 Å². The lowest BCUT2D eigenvalue weighted by atomic mass is 9.68. The second-order valence-corrected chi connectivity index (χ2v) is 5.92. The van der Waals surface area contributed by atoms with Crippen LogP contribution in [0.3, 0.4) is 0 Å². The summed E-state index contributed by atoms with van der Waals surface area (Å²) in [6.07, 6.45) is 4.26. The van der Waals surface area contributed by atoms with Gasteiger partial charge in [-0.2, -0.15) is 11.8 Å². The van der Waals surface area contributed by atoms with Crippen molar-refractivity contribution in [2.24, 2.45) is 5.41 Å². The fraction of sp³-hybridized carbons (Fsp3) is 1.00. The molecule has 0 aliphatic carbocycles. The summed E-state index contributed by atoms with van der Waals surface area (Å²) in [6, 6.07) is 0. The Labute approximate surface area is 79.7 Å². The zero-order valence-electron chi connectivity index (χ0n) is 8.15. The lowest BCUT2D eigenvalue weighted by molar-refractivity contribution is 0.155. The molecule has 0 saturated carbocycles. The van der Waals surface area contributed by atoms with E-state index in [0.29, 0.717) is 11.0 Å². The van der Waals surface area contributed by atoms with Gasteiger partial charge < -0.3 is 5.32 Å². The Bertz CT molecular complexity index is 171.